The lowest BCUT2D eigenvalue weighted by atomic mass is 9.94. The third-order valence-electron chi connectivity index (χ3n) is 7.41. The van der Waals surface area contributed by atoms with Crippen molar-refractivity contribution in [2.75, 3.05) is 18.1 Å². The van der Waals surface area contributed by atoms with Crippen LogP contribution in [0.25, 0.3) is 5.76 Å². The van der Waals surface area contributed by atoms with Crippen LogP contribution in [0.1, 0.15) is 49.1 Å². The van der Waals surface area contributed by atoms with Gasteiger partial charge in [0.1, 0.15) is 17.6 Å². The van der Waals surface area contributed by atoms with Gasteiger partial charge < -0.3 is 19.3 Å². The molecule has 45 heavy (non-hydrogen) atoms. The van der Waals surface area contributed by atoms with Gasteiger partial charge in [0.25, 0.3) is 5.78 Å². The van der Waals surface area contributed by atoms with Crippen molar-refractivity contribution < 1.29 is 28.9 Å². The van der Waals surface area contributed by atoms with Gasteiger partial charge in [-0.2, -0.15) is 0 Å². The summed E-state index contributed by atoms with van der Waals surface area (Å²) in [6.45, 7) is 6.50. The Morgan fingerprint density at radius 1 is 1.07 bits per heavy atom. The van der Waals surface area contributed by atoms with Gasteiger partial charge >= 0.3 is 5.91 Å². The second kappa shape index (κ2) is 13.1. The first-order valence-electron chi connectivity index (χ1n) is 14.5. The molecule has 1 N–H and O–H groups in total. The third-order valence-corrected chi connectivity index (χ3v) is 9.88. The number of hydrogen-bond donors (Lipinski definition) is 1. The van der Waals surface area contributed by atoms with Crippen molar-refractivity contribution in [1.82, 2.24) is 10.2 Å². The normalized spacial score (nSPS) is 18.6. The van der Waals surface area contributed by atoms with E-state index in [4.69, 9.17) is 25.8 Å². The number of halogens is 1. The minimum atomic E-state index is -1.00. The van der Waals surface area contributed by atoms with Crippen LogP contribution in [-0.2, 0) is 21.8 Å². The minimum Gasteiger partial charge on any atom is -0.507 e. The largest absolute Gasteiger partial charge is 0.507 e. The predicted molar refractivity (Wildman–Crippen MR) is 175 cm³/mol. The molecule has 0 bridgehead atoms. The number of aliphatic hydroxyl groups is 1. The minimum absolute atomic E-state index is 0.00574. The summed E-state index contributed by atoms with van der Waals surface area (Å²) in [4.78, 5) is 28.8. The van der Waals surface area contributed by atoms with Crippen molar-refractivity contribution in [2.24, 2.45) is 0 Å². The summed E-state index contributed by atoms with van der Waals surface area (Å²) in [6.07, 6.45) is 0.677. The number of hydrogen-bond acceptors (Lipinski definition) is 10. The quantitative estimate of drug-likeness (QED) is 0.0617. The van der Waals surface area contributed by atoms with E-state index in [0.29, 0.717) is 57.4 Å². The second-order valence-corrected chi connectivity index (χ2v) is 13.0. The Bertz CT molecular complexity index is 1810. The molecule has 1 aromatic heterocycles. The van der Waals surface area contributed by atoms with Gasteiger partial charge in [-0.05, 0) is 73.9 Å². The molecule has 4 aromatic rings. The molecular formula is C33H30ClN3O6S2. The summed E-state index contributed by atoms with van der Waals surface area (Å²) in [5.74, 6) is 0.349. The van der Waals surface area contributed by atoms with E-state index in [1.165, 1.54) is 28.0 Å². The first-order chi connectivity index (χ1) is 21.8. The number of anilines is 1. The Labute approximate surface area is 273 Å². The fourth-order valence-corrected chi connectivity index (χ4v) is 7.57. The molecule has 0 unspecified atom stereocenters. The van der Waals surface area contributed by atoms with Crippen molar-refractivity contribution in [3.05, 3.63) is 93.5 Å². The number of ketones is 1. The van der Waals surface area contributed by atoms with Crippen molar-refractivity contribution in [3.8, 4) is 17.2 Å². The molecule has 1 amide bonds. The zero-order valence-electron chi connectivity index (χ0n) is 24.8. The predicted octanol–water partition coefficient (Wildman–Crippen LogP) is 7.23. The van der Waals surface area contributed by atoms with Crippen LogP contribution in [-0.4, -0.2) is 46.3 Å². The lowest BCUT2D eigenvalue weighted by Gasteiger charge is -2.23. The Kier molecular flexibility index (Phi) is 9.02. The molecule has 6 rings (SSSR count). The molecule has 0 saturated carbocycles. The lowest BCUT2D eigenvalue weighted by molar-refractivity contribution is -0.132. The van der Waals surface area contributed by atoms with Crippen LogP contribution < -0.4 is 19.1 Å². The van der Waals surface area contributed by atoms with Gasteiger partial charge in [-0.3, -0.25) is 14.5 Å². The van der Waals surface area contributed by atoms with Gasteiger partial charge in [0.05, 0.1) is 24.8 Å². The smallest absolute Gasteiger partial charge is 0.301 e. The van der Waals surface area contributed by atoms with Gasteiger partial charge in [-0.15, -0.1) is 10.2 Å². The molecule has 9 nitrogen and oxygen atoms in total. The van der Waals surface area contributed by atoms with Gasteiger partial charge in [0.2, 0.25) is 5.13 Å². The molecule has 12 heteroatoms. The number of aromatic nitrogens is 2. The number of benzene rings is 3. The molecule has 3 aromatic carbocycles. The van der Waals surface area contributed by atoms with E-state index in [1.54, 1.807) is 36.4 Å². The summed E-state index contributed by atoms with van der Waals surface area (Å²) in [5.41, 5.74) is 2.76. The van der Waals surface area contributed by atoms with Crippen LogP contribution in [0.4, 0.5) is 5.13 Å². The maximum Gasteiger partial charge on any atom is 0.301 e. The van der Waals surface area contributed by atoms with Crippen molar-refractivity contribution in [3.63, 3.8) is 0 Å². The molecular weight excluding hydrogens is 634 g/mol. The van der Waals surface area contributed by atoms with E-state index in [2.05, 4.69) is 10.2 Å². The topological polar surface area (TPSA) is 111 Å². The fraction of sp³-hybridized carbons (Fsp3) is 0.273. The molecule has 2 atom stereocenters. The monoisotopic (exact) mass is 663 g/mol. The van der Waals surface area contributed by atoms with E-state index in [9.17, 15) is 14.7 Å². The van der Waals surface area contributed by atoms with E-state index >= 15 is 0 Å². The average Bonchev–Trinajstić information content (AvgIpc) is 3.72. The van der Waals surface area contributed by atoms with E-state index in [0.717, 1.165) is 16.9 Å². The Morgan fingerprint density at radius 2 is 1.84 bits per heavy atom. The molecule has 0 radical (unpaired) electrons. The number of carbonyl (C=O) groups excluding carboxylic acids is 2. The molecule has 0 spiro atoms. The Hall–Kier alpha value is -4.06. The standard InChI is InChI=1S/C33H30ClN3O6S2/c1-4-41-25-13-10-19(16-26(25)42-5-2)28-27(29(38)20-11-12-24-22(15-20)14-18(3)43-24)30(39)31(40)37(28)32-35-36-33(45-32)44-17-21-8-6-7-9-23(21)34/h6-13,15-16,18,28,38H,4-5,14,17H2,1-3H3/t18-,28+/m0/s1. The summed E-state index contributed by atoms with van der Waals surface area (Å²) in [6, 6.07) is 17.0. The van der Waals surface area contributed by atoms with Gasteiger partial charge in [-0.25, -0.2) is 0 Å². The number of fused-ring (bicyclic) bond motifs is 1. The number of thioether (sulfide) groups is 1. The van der Waals surface area contributed by atoms with Gasteiger partial charge in [0.15, 0.2) is 15.8 Å². The van der Waals surface area contributed by atoms with Crippen LogP contribution >= 0.6 is 34.7 Å². The summed E-state index contributed by atoms with van der Waals surface area (Å²) < 4.78 is 18.0. The van der Waals surface area contributed by atoms with Crippen molar-refractivity contribution in [1.29, 1.82) is 0 Å². The van der Waals surface area contributed by atoms with Crippen molar-refractivity contribution in [2.45, 2.75) is 49.4 Å². The van der Waals surface area contributed by atoms with Crippen molar-refractivity contribution >= 4 is 57.3 Å². The summed E-state index contributed by atoms with van der Waals surface area (Å²) in [7, 11) is 0. The van der Waals surface area contributed by atoms with E-state index < -0.39 is 17.7 Å². The first-order valence-corrected chi connectivity index (χ1v) is 16.7. The highest BCUT2D eigenvalue weighted by molar-refractivity contribution is 8.00. The first kappa shape index (κ1) is 30.9. The number of amides is 1. The van der Waals surface area contributed by atoms with Crippen LogP contribution in [0, 0.1) is 0 Å². The molecule has 2 aliphatic heterocycles. The van der Waals surface area contributed by atoms with Crippen LogP contribution in [0.3, 0.4) is 0 Å². The van der Waals surface area contributed by atoms with Crippen LogP contribution in [0.15, 0.2) is 70.6 Å². The maximum absolute atomic E-state index is 13.8. The zero-order chi connectivity index (χ0) is 31.7. The highest BCUT2D eigenvalue weighted by Gasteiger charge is 2.48. The molecule has 1 fully saturated rings. The second-order valence-electron chi connectivity index (χ2n) is 10.4. The number of aliphatic hydroxyl groups excluding tert-OH is 1. The number of nitrogens with zero attached hydrogens (tertiary/aromatic N) is 3. The number of ether oxygens (including phenoxy) is 3. The summed E-state index contributed by atoms with van der Waals surface area (Å²) >= 11 is 8.94. The average molecular weight is 664 g/mol. The molecule has 1 saturated heterocycles. The third kappa shape index (κ3) is 6.12. The molecule has 0 aliphatic carbocycles. The number of carbonyl (C=O) groups is 2. The van der Waals surface area contributed by atoms with Gasteiger partial charge in [-0.1, -0.05) is 59.0 Å². The number of rotatable bonds is 10. The molecule has 232 valence electrons. The van der Waals surface area contributed by atoms with Gasteiger partial charge in [0, 0.05) is 22.8 Å². The lowest BCUT2D eigenvalue weighted by Crippen LogP contribution is -2.29. The highest BCUT2D eigenvalue weighted by Crippen LogP contribution is 2.46. The SMILES string of the molecule is CCOc1ccc([C@@H]2C(=C(O)c3ccc4c(c3)C[C@H](C)O4)C(=O)C(=O)N2c2nnc(SCc3ccccc3Cl)s2)cc1OCC. The Morgan fingerprint density at radius 3 is 2.62 bits per heavy atom. The fourth-order valence-electron chi connectivity index (χ4n) is 5.42. The van der Waals surface area contributed by atoms with Crippen LogP contribution in [0.2, 0.25) is 5.02 Å². The highest BCUT2D eigenvalue weighted by atomic mass is 35.5. The molecule has 2 aliphatic rings. The summed E-state index contributed by atoms with van der Waals surface area (Å²) in [5, 5.41) is 21.2. The van der Waals surface area contributed by atoms with E-state index in [-0.39, 0.29) is 22.6 Å². The zero-order valence-corrected chi connectivity index (χ0v) is 27.2. The van der Waals surface area contributed by atoms with Crippen LogP contribution in [0.5, 0.6) is 17.2 Å². The Balaban J connectivity index is 1.43. The number of Topliss-reactive ketones (excluding diaryl/α,β-unsaturated/α-hetero) is 1. The maximum atomic E-state index is 13.8. The molecule has 3 heterocycles. The van der Waals surface area contributed by atoms with E-state index in [1.807, 2.05) is 45.0 Å².